The molecule has 0 bridgehead atoms. The zero-order chi connectivity index (χ0) is 14.5. The van der Waals surface area contributed by atoms with Gasteiger partial charge in [0, 0.05) is 18.2 Å². The quantitative estimate of drug-likeness (QED) is 0.643. The molecule has 0 atom stereocenters. The van der Waals surface area contributed by atoms with Gasteiger partial charge in [-0.25, -0.2) is 4.98 Å². The number of nitrogens with two attached hydrogens (primary N) is 1. The molecule has 0 aliphatic carbocycles. The lowest BCUT2D eigenvalue weighted by Gasteiger charge is -2.10. The van der Waals surface area contributed by atoms with E-state index in [1.54, 1.807) is 44.6 Å². The smallest absolute Gasteiger partial charge is 0.145 e. The first-order valence-corrected chi connectivity index (χ1v) is 5.83. The predicted molar refractivity (Wildman–Crippen MR) is 74.9 cm³/mol. The van der Waals surface area contributed by atoms with Crippen LogP contribution in [-0.4, -0.2) is 25.0 Å². The fraction of sp³-hybridized carbons (Fsp3) is 0.143. The first kappa shape index (κ1) is 13.7. The fourth-order valence-electron chi connectivity index (χ4n) is 1.58. The van der Waals surface area contributed by atoms with Crippen LogP contribution in [0.1, 0.15) is 5.69 Å². The number of nitrogens with one attached hydrogen (secondary N) is 1. The molecule has 0 saturated heterocycles. The third-order valence-electron chi connectivity index (χ3n) is 2.57. The van der Waals surface area contributed by atoms with Gasteiger partial charge < -0.3 is 19.9 Å². The van der Waals surface area contributed by atoms with E-state index in [4.69, 9.17) is 25.4 Å². The summed E-state index contributed by atoms with van der Waals surface area (Å²) in [5.74, 6) is 2.28. The minimum atomic E-state index is -0.0837. The van der Waals surface area contributed by atoms with Crippen molar-refractivity contribution < 1.29 is 14.2 Å². The summed E-state index contributed by atoms with van der Waals surface area (Å²) in [4.78, 5) is 4.02. The molecule has 2 rings (SSSR count). The molecule has 20 heavy (non-hydrogen) atoms. The van der Waals surface area contributed by atoms with Gasteiger partial charge in [-0.1, -0.05) is 0 Å². The van der Waals surface area contributed by atoms with E-state index >= 15 is 0 Å². The molecule has 1 aromatic heterocycles. The Morgan fingerprint density at radius 3 is 2.05 bits per heavy atom. The summed E-state index contributed by atoms with van der Waals surface area (Å²) in [5.41, 5.74) is 5.74. The Bertz CT molecular complexity index is 589. The van der Waals surface area contributed by atoms with Gasteiger partial charge in [0.25, 0.3) is 0 Å². The molecule has 0 unspecified atom stereocenters. The lowest BCUT2D eigenvalue weighted by molar-refractivity contribution is 0.386. The van der Waals surface area contributed by atoms with Crippen LogP contribution in [-0.2, 0) is 0 Å². The molecule has 1 aromatic carbocycles. The maximum absolute atomic E-state index is 7.27. The second-order valence-electron chi connectivity index (χ2n) is 3.94. The van der Waals surface area contributed by atoms with Crippen LogP contribution >= 0.6 is 0 Å². The molecule has 0 fully saturated rings. The second-order valence-corrected chi connectivity index (χ2v) is 3.94. The molecule has 104 valence electrons. The molecular weight excluding hydrogens is 258 g/mol. The summed E-state index contributed by atoms with van der Waals surface area (Å²) in [6.45, 7) is 0. The van der Waals surface area contributed by atoms with E-state index in [0.29, 0.717) is 28.7 Å². The van der Waals surface area contributed by atoms with Crippen LogP contribution in [0, 0.1) is 5.41 Å². The van der Waals surface area contributed by atoms with Gasteiger partial charge in [0.05, 0.1) is 20.4 Å². The lowest BCUT2D eigenvalue weighted by atomic mass is 10.3. The van der Waals surface area contributed by atoms with E-state index in [2.05, 4.69) is 4.98 Å². The number of pyridine rings is 1. The van der Waals surface area contributed by atoms with Gasteiger partial charge in [0.1, 0.15) is 34.5 Å². The van der Waals surface area contributed by atoms with Crippen LogP contribution < -0.4 is 19.9 Å². The highest BCUT2D eigenvalue weighted by Gasteiger charge is 2.05. The molecule has 0 saturated carbocycles. The van der Waals surface area contributed by atoms with Crippen LogP contribution in [0.4, 0.5) is 0 Å². The summed E-state index contributed by atoms with van der Waals surface area (Å²) < 4.78 is 16.0. The Hall–Kier alpha value is -2.76. The molecule has 0 amide bonds. The van der Waals surface area contributed by atoms with Crippen LogP contribution in [0.5, 0.6) is 23.0 Å². The molecule has 0 spiro atoms. The molecule has 6 heteroatoms. The minimum Gasteiger partial charge on any atom is -0.496 e. The minimum absolute atomic E-state index is 0.0837. The zero-order valence-corrected chi connectivity index (χ0v) is 11.2. The van der Waals surface area contributed by atoms with Crippen LogP contribution in [0.3, 0.4) is 0 Å². The van der Waals surface area contributed by atoms with Gasteiger partial charge in [0.15, 0.2) is 0 Å². The lowest BCUT2D eigenvalue weighted by Crippen LogP contribution is -2.12. The number of rotatable bonds is 5. The SMILES string of the molecule is COc1cc(OC)cc(Oc2ccc(C(=N)N)nc2)c1. The molecule has 0 aliphatic heterocycles. The number of methoxy groups -OCH3 is 2. The topological polar surface area (TPSA) is 90.5 Å². The number of hydrogen-bond donors (Lipinski definition) is 2. The fourth-order valence-corrected chi connectivity index (χ4v) is 1.58. The van der Waals surface area contributed by atoms with E-state index < -0.39 is 0 Å². The summed E-state index contributed by atoms with van der Waals surface area (Å²) in [5, 5.41) is 7.27. The molecule has 0 radical (unpaired) electrons. The van der Waals surface area contributed by atoms with E-state index in [1.165, 1.54) is 6.20 Å². The van der Waals surface area contributed by atoms with Crippen molar-refractivity contribution in [2.24, 2.45) is 5.73 Å². The maximum Gasteiger partial charge on any atom is 0.145 e. The second kappa shape index (κ2) is 5.92. The number of benzene rings is 1. The van der Waals surface area contributed by atoms with Crippen molar-refractivity contribution >= 4 is 5.84 Å². The molecule has 0 aliphatic rings. The molecule has 3 N–H and O–H groups in total. The summed E-state index contributed by atoms with van der Waals surface area (Å²) in [6, 6.07) is 8.54. The Morgan fingerprint density at radius 1 is 1.00 bits per heavy atom. The molecular formula is C14H15N3O3. The zero-order valence-electron chi connectivity index (χ0n) is 11.2. The number of amidine groups is 1. The number of ether oxygens (including phenoxy) is 3. The Morgan fingerprint density at radius 2 is 1.60 bits per heavy atom. The van der Waals surface area contributed by atoms with E-state index in [9.17, 15) is 0 Å². The summed E-state index contributed by atoms with van der Waals surface area (Å²) in [7, 11) is 3.14. The van der Waals surface area contributed by atoms with Gasteiger partial charge in [-0.15, -0.1) is 0 Å². The van der Waals surface area contributed by atoms with Crippen molar-refractivity contribution in [3.8, 4) is 23.0 Å². The average molecular weight is 273 g/mol. The van der Waals surface area contributed by atoms with Crippen molar-refractivity contribution in [3.63, 3.8) is 0 Å². The summed E-state index contributed by atoms with van der Waals surface area (Å²) in [6.07, 6.45) is 1.50. The first-order chi connectivity index (χ1) is 9.62. The largest absolute Gasteiger partial charge is 0.496 e. The van der Waals surface area contributed by atoms with Crippen molar-refractivity contribution in [2.45, 2.75) is 0 Å². The highest BCUT2D eigenvalue weighted by molar-refractivity contribution is 5.92. The van der Waals surface area contributed by atoms with E-state index in [1.807, 2.05) is 0 Å². The van der Waals surface area contributed by atoms with Crippen molar-refractivity contribution in [2.75, 3.05) is 14.2 Å². The van der Waals surface area contributed by atoms with Gasteiger partial charge in [-0.05, 0) is 12.1 Å². The van der Waals surface area contributed by atoms with Crippen LogP contribution in [0.15, 0.2) is 36.5 Å². The number of aromatic nitrogens is 1. The molecule has 6 nitrogen and oxygen atoms in total. The van der Waals surface area contributed by atoms with Gasteiger partial charge in [0.2, 0.25) is 0 Å². The normalized spacial score (nSPS) is 9.90. The maximum atomic E-state index is 7.27. The molecule has 2 aromatic rings. The first-order valence-electron chi connectivity index (χ1n) is 5.83. The monoisotopic (exact) mass is 273 g/mol. The third kappa shape index (κ3) is 3.17. The number of nitrogens with zero attached hydrogens (tertiary/aromatic N) is 1. The Labute approximate surface area is 116 Å². The van der Waals surface area contributed by atoms with Crippen molar-refractivity contribution in [1.29, 1.82) is 5.41 Å². The molecule has 1 heterocycles. The highest BCUT2D eigenvalue weighted by Crippen LogP contribution is 2.30. The van der Waals surface area contributed by atoms with Crippen LogP contribution in [0.25, 0.3) is 0 Å². The summed E-state index contributed by atoms with van der Waals surface area (Å²) >= 11 is 0. The van der Waals surface area contributed by atoms with E-state index in [0.717, 1.165) is 0 Å². The van der Waals surface area contributed by atoms with Gasteiger partial charge in [-0.3, -0.25) is 5.41 Å². The number of nitrogen functional groups attached to an aromatic ring is 1. The van der Waals surface area contributed by atoms with Crippen molar-refractivity contribution in [1.82, 2.24) is 4.98 Å². The Balaban J connectivity index is 2.22. The van der Waals surface area contributed by atoms with E-state index in [-0.39, 0.29) is 5.84 Å². The standard InChI is InChI=1S/C14H15N3O3/c1-18-10-5-11(19-2)7-12(6-10)20-9-3-4-13(14(15)16)17-8-9/h3-8H,1-2H3,(H3,15,16). The highest BCUT2D eigenvalue weighted by atomic mass is 16.5. The average Bonchev–Trinajstić information content (AvgIpc) is 2.47. The number of hydrogen-bond acceptors (Lipinski definition) is 5. The van der Waals surface area contributed by atoms with Gasteiger partial charge >= 0.3 is 0 Å². The van der Waals surface area contributed by atoms with Gasteiger partial charge in [-0.2, -0.15) is 0 Å². The van der Waals surface area contributed by atoms with Crippen LogP contribution in [0.2, 0.25) is 0 Å². The van der Waals surface area contributed by atoms with Crippen molar-refractivity contribution in [3.05, 3.63) is 42.2 Å². The predicted octanol–water partition coefficient (Wildman–Crippen LogP) is 2.18. The third-order valence-corrected chi connectivity index (χ3v) is 2.57. The Kier molecular flexibility index (Phi) is 4.05.